The summed E-state index contributed by atoms with van der Waals surface area (Å²) >= 11 is 0. The number of nitrogens with zero attached hydrogens (tertiary/aromatic N) is 1. The second-order valence-electron chi connectivity index (χ2n) is 4.63. The predicted molar refractivity (Wildman–Crippen MR) is 71.8 cm³/mol. The molecule has 4 nitrogen and oxygen atoms in total. The third-order valence-electron chi connectivity index (χ3n) is 3.21. The van der Waals surface area contributed by atoms with E-state index in [2.05, 4.69) is 10.2 Å². The molecule has 1 aromatic carbocycles. The Bertz CT molecular complexity index is 422. The zero-order valence-corrected chi connectivity index (χ0v) is 11.1. The van der Waals surface area contributed by atoms with Crippen LogP contribution in [0.3, 0.4) is 0 Å². The highest BCUT2D eigenvalue weighted by atomic mass is 19.1. The Morgan fingerprint density at radius 2 is 2.21 bits per heavy atom. The fourth-order valence-electron chi connectivity index (χ4n) is 2.32. The molecule has 104 valence electrons. The van der Waals surface area contributed by atoms with E-state index in [-0.39, 0.29) is 18.0 Å². The Morgan fingerprint density at radius 1 is 1.47 bits per heavy atom. The Morgan fingerprint density at radius 3 is 2.89 bits per heavy atom. The van der Waals surface area contributed by atoms with E-state index >= 15 is 0 Å². The van der Waals surface area contributed by atoms with Gasteiger partial charge in [-0.2, -0.15) is 0 Å². The zero-order valence-electron chi connectivity index (χ0n) is 11.1. The Hall–Kier alpha value is -1.78. The summed E-state index contributed by atoms with van der Waals surface area (Å²) < 4.78 is 17.8. The molecule has 1 N–H and O–H groups in total. The molecule has 0 saturated carbocycles. The molecule has 1 fully saturated rings. The number of piperidine rings is 1. The first kappa shape index (κ1) is 13.6. The topological polar surface area (TPSA) is 41.6 Å². The summed E-state index contributed by atoms with van der Waals surface area (Å²) in [5.41, 5.74) is 0.983. The van der Waals surface area contributed by atoms with E-state index in [0.29, 0.717) is 6.61 Å². The molecule has 1 atom stereocenters. The van der Waals surface area contributed by atoms with Crippen molar-refractivity contribution in [2.75, 3.05) is 24.6 Å². The van der Waals surface area contributed by atoms with Crippen LogP contribution in [0.2, 0.25) is 0 Å². The average molecular weight is 266 g/mol. The Kier molecular flexibility index (Phi) is 4.60. The summed E-state index contributed by atoms with van der Waals surface area (Å²) in [6.07, 6.45) is 1.57. The molecule has 1 aliphatic heterocycles. The van der Waals surface area contributed by atoms with Gasteiger partial charge in [0, 0.05) is 24.8 Å². The van der Waals surface area contributed by atoms with Crippen LogP contribution in [0.25, 0.3) is 0 Å². The quantitative estimate of drug-likeness (QED) is 0.914. The lowest BCUT2D eigenvalue weighted by Crippen LogP contribution is -2.48. The van der Waals surface area contributed by atoms with E-state index in [0.717, 1.165) is 31.6 Å². The Balaban J connectivity index is 1.93. The minimum atomic E-state index is -0.367. The van der Waals surface area contributed by atoms with Gasteiger partial charge in [0.2, 0.25) is 0 Å². The van der Waals surface area contributed by atoms with Gasteiger partial charge in [-0.15, -0.1) is 0 Å². The molecule has 0 aliphatic carbocycles. The molecule has 0 spiro atoms. The van der Waals surface area contributed by atoms with Crippen LogP contribution in [-0.2, 0) is 4.74 Å². The minimum absolute atomic E-state index is 0.0813. The van der Waals surface area contributed by atoms with E-state index in [1.807, 2.05) is 0 Å². The number of rotatable bonds is 3. The number of benzene rings is 1. The van der Waals surface area contributed by atoms with Crippen LogP contribution in [0.5, 0.6) is 0 Å². The van der Waals surface area contributed by atoms with Crippen LogP contribution < -0.4 is 10.2 Å². The largest absolute Gasteiger partial charge is 0.450 e. The van der Waals surface area contributed by atoms with Crippen LogP contribution in [0.4, 0.5) is 14.9 Å². The maximum absolute atomic E-state index is 12.9. The molecule has 19 heavy (non-hydrogen) atoms. The van der Waals surface area contributed by atoms with Gasteiger partial charge < -0.3 is 15.0 Å². The maximum atomic E-state index is 12.9. The van der Waals surface area contributed by atoms with Crippen molar-refractivity contribution in [3.05, 3.63) is 30.1 Å². The molecule has 5 heteroatoms. The first-order valence-corrected chi connectivity index (χ1v) is 6.63. The van der Waals surface area contributed by atoms with Crippen LogP contribution in [0.1, 0.15) is 19.8 Å². The molecule has 0 aromatic heterocycles. The predicted octanol–water partition coefficient (Wildman–Crippen LogP) is 2.54. The van der Waals surface area contributed by atoms with E-state index in [9.17, 15) is 9.18 Å². The highest BCUT2D eigenvalue weighted by molar-refractivity contribution is 5.67. The van der Waals surface area contributed by atoms with Crippen molar-refractivity contribution in [3.63, 3.8) is 0 Å². The van der Waals surface area contributed by atoms with Crippen molar-refractivity contribution in [2.45, 2.75) is 25.8 Å². The second-order valence-corrected chi connectivity index (χ2v) is 4.63. The molecule has 1 saturated heterocycles. The molecule has 1 amide bonds. The fraction of sp³-hybridized carbons (Fsp3) is 0.500. The number of ether oxygens (including phenoxy) is 1. The second kappa shape index (κ2) is 6.41. The number of carbonyl (C=O) groups excluding carboxylic acids is 1. The number of carbonyl (C=O) groups is 1. The normalized spacial score (nSPS) is 19.1. The van der Waals surface area contributed by atoms with Crippen molar-refractivity contribution in [1.29, 1.82) is 0 Å². The lowest BCUT2D eigenvalue weighted by molar-refractivity contribution is 0.146. The van der Waals surface area contributed by atoms with Gasteiger partial charge in [0.25, 0.3) is 0 Å². The minimum Gasteiger partial charge on any atom is -0.450 e. The van der Waals surface area contributed by atoms with Crippen molar-refractivity contribution >= 4 is 11.8 Å². The summed E-state index contributed by atoms with van der Waals surface area (Å²) in [5.74, 6) is -0.234. The third-order valence-corrected chi connectivity index (χ3v) is 3.21. The first-order chi connectivity index (χ1) is 9.19. The standard InChI is InChI=1S/C14H19FN2O2/c1-2-19-14(18)16-12-4-3-9-17(10-12)13-7-5-11(15)6-8-13/h5-8,12H,2-4,9-10H2,1H3,(H,16,18). The van der Waals surface area contributed by atoms with Gasteiger partial charge in [-0.1, -0.05) is 0 Å². The first-order valence-electron chi connectivity index (χ1n) is 6.63. The third kappa shape index (κ3) is 3.84. The van der Waals surface area contributed by atoms with Crippen molar-refractivity contribution in [2.24, 2.45) is 0 Å². The zero-order chi connectivity index (χ0) is 13.7. The Labute approximate surface area is 112 Å². The SMILES string of the molecule is CCOC(=O)NC1CCCN(c2ccc(F)cc2)C1. The van der Waals surface area contributed by atoms with Gasteiger partial charge >= 0.3 is 6.09 Å². The van der Waals surface area contributed by atoms with E-state index in [4.69, 9.17) is 4.74 Å². The lowest BCUT2D eigenvalue weighted by Gasteiger charge is -2.34. The molecule has 1 heterocycles. The van der Waals surface area contributed by atoms with Gasteiger partial charge in [-0.25, -0.2) is 9.18 Å². The molecule has 2 rings (SSSR count). The summed E-state index contributed by atoms with van der Waals surface area (Å²) in [4.78, 5) is 13.6. The van der Waals surface area contributed by atoms with Crippen LogP contribution in [0, 0.1) is 5.82 Å². The van der Waals surface area contributed by atoms with E-state index in [1.165, 1.54) is 12.1 Å². The molecular weight excluding hydrogens is 247 g/mol. The summed E-state index contributed by atoms with van der Waals surface area (Å²) in [6, 6.07) is 6.53. The number of anilines is 1. The highest BCUT2D eigenvalue weighted by Gasteiger charge is 2.21. The lowest BCUT2D eigenvalue weighted by atomic mass is 10.1. The van der Waals surface area contributed by atoms with Crippen molar-refractivity contribution in [3.8, 4) is 0 Å². The number of alkyl carbamates (subject to hydrolysis) is 1. The number of amides is 1. The molecule has 0 radical (unpaired) electrons. The van der Waals surface area contributed by atoms with Crippen molar-refractivity contribution < 1.29 is 13.9 Å². The molecule has 1 unspecified atom stereocenters. The average Bonchev–Trinajstić information content (AvgIpc) is 2.40. The maximum Gasteiger partial charge on any atom is 0.407 e. The number of hydrogen-bond donors (Lipinski definition) is 1. The number of nitrogens with one attached hydrogen (secondary N) is 1. The van der Waals surface area contributed by atoms with Crippen LogP contribution in [0.15, 0.2) is 24.3 Å². The fourth-order valence-corrected chi connectivity index (χ4v) is 2.32. The highest BCUT2D eigenvalue weighted by Crippen LogP contribution is 2.20. The summed E-state index contributed by atoms with van der Waals surface area (Å²) in [7, 11) is 0. The molecule has 1 aromatic rings. The summed E-state index contributed by atoms with van der Waals surface area (Å²) in [5, 5.41) is 2.85. The monoisotopic (exact) mass is 266 g/mol. The number of hydrogen-bond acceptors (Lipinski definition) is 3. The van der Waals surface area contributed by atoms with E-state index < -0.39 is 0 Å². The molecular formula is C14H19FN2O2. The van der Waals surface area contributed by atoms with Crippen LogP contribution >= 0.6 is 0 Å². The molecule has 1 aliphatic rings. The summed E-state index contributed by atoms with van der Waals surface area (Å²) in [6.45, 7) is 3.81. The van der Waals surface area contributed by atoms with E-state index in [1.54, 1.807) is 19.1 Å². The van der Waals surface area contributed by atoms with Gasteiger partial charge in [-0.05, 0) is 44.0 Å². The van der Waals surface area contributed by atoms with Gasteiger partial charge in [0.1, 0.15) is 5.82 Å². The smallest absolute Gasteiger partial charge is 0.407 e. The molecule has 0 bridgehead atoms. The van der Waals surface area contributed by atoms with Gasteiger partial charge in [0.15, 0.2) is 0 Å². The van der Waals surface area contributed by atoms with Gasteiger partial charge in [-0.3, -0.25) is 0 Å². The van der Waals surface area contributed by atoms with Gasteiger partial charge in [0.05, 0.1) is 6.61 Å². The number of halogens is 1. The van der Waals surface area contributed by atoms with Crippen LogP contribution in [-0.4, -0.2) is 31.8 Å². The van der Waals surface area contributed by atoms with Crippen molar-refractivity contribution in [1.82, 2.24) is 5.32 Å².